The van der Waals surface area contributed by atoms with Gasteiger partial charge in [0.2, 0.25) is 5.89 Å². The van der Waals surface area contributed by atoms with Crippen molar-refractivity contribution in [3.05, 3.63) is 82.4 Å². The monoisotopic (exact) mass is 376 g/mol. The highest BCUT2D eigenvalue weighted by Gasteiger charge is 2.15. The number of fused-ring (bicyclic) bond motifs is 1. The van der Waals surface area contributed by atoms with Crippen LogP contribution >= 0.6 is 0 Å². The molecule has 2 aromatic carbocycles. The number of hydrogen-bond donors (Lipinski definition) is 0. The zero-order valence-electron chi connectivity index (χ0n) is 14.3. The Morgan fingerprint density at radius 1 is 1.07 bits per heavy atom. The van der Waals surface area contributed by atoms with Crippen LogP contribution < -0.4 is 0 Å². The second-order valence-corrected chi connectivity index (χ2v) is 5.76. The summed E-state index contributed by atoms with van der Waals surface area (Å²) in [6, 6.07) is 14.4. The lowest BCUT2D eigenvalue weighted by Gasteiger charge is -2.05. The van der Waals surface area contributed by atoms with Crippen LogP contribution in [0.15, 0.2) is 65.2 Å². The fourth-order valence-corrected chi connectivity index (χ4v) is 2.64. The van der Waals surface area contributed by atoms with Crippen molar-refractivity contribution in [2.75, 3.05) is 0 Å². The van der Waals surface area contributed by atoms with E-state index >= 15 is 0 Å². The number of nitrogens with zero attached hydrogens (tertiary/aromatic N) is 4. The van der Waals surface area contributed by atoms with Crippen molar-refractivity contribution in [3.63, 3.8) is 0 Å². The summed E-state index contributed by atoms with van der Waals surface area (Å²) in [4.78, 5) is 26.8. The summed E-state index contributed by atoms with van der Waals surface area (Å²) in [5, 5.41) is 19.1. The highest BCUT2D eigenvalue weighted by atomic mass is 16.6. The number of aromatic nitrogens is 3. The van der Waals surface area contributed by atoms with E-state index in [1.807, 2.05) is 0 Å². The van der Waals surface area contributed by atoms with Gasteiger partial charge in [-0.3, -0.25) is 15.1 Å². The van der Waals surface area contributed by atoms with Crippen LogP contribution in [0.25, 0.3) is 22.4 Å². The van der Waals surface area contributed by atoms with Crippen LogP contribution in [0.5, 0.6) is 0 Å². The lowest BCUT2D eigenvalue weighted by Crippen LogP contribution is -2.06. The van der Waals surface area contributed by atoms with E-state index < -0.39 is 10.9 Å². The second-order valence-electron chi connectivity index (χ2n) is 5.76. The zero-order chi connectivity index (χ0) is 19.5. The van der Waals surface area contributed by atoms with Crippen LogP contribution in [-0.4, -0.2) is 26.1 Å². The summed E-state index contributed by atoms with van der Waals surface area (Å²) in [6.45, 7) is -0.199. The van der Waals surface area contributed by atoms with Crippen molar-refractivity contribution in [1.29, 1.82) is 0 Å². The Labute approximate surface area is 157 Å². The maximum absolute atomic E-state index is 12.4. The quantitative estimate of drug-likeness (QED) is 0.294. The highest BCUT2D eigenvalue weighted by Crippen LogP contribution is 2.22. The van der Waals surface area contributed by atoms with Gasteiger partial charge in [0, 0.05) is 29.3 Å². The molecule has 0 fully saturated rings. The summed E-state index contributed by atoms with van der Waals surface area (Å²) < 4.78 is 10.7. The van der Waals surface area contributed by atoms with Crippen molar-refractivity contribution in [2.24, 2.45) is 0 Å². The third kappa shape index (κ3) is 3.40. The number of carbonyl (C=O) groups excluding carboxylic acids is 1. The fourth-order valence-electron chi connectivity index (χ4n) is 2.64. The first-order valence-corrected chi connectivity index (χ1v) is 8.20. The van der Waals surface area contributed by atoms with Gasteiger partial charge in [0.25, 0.3) is 11.6 Å². The second kappa shape index (κ2) is 7.23. The number of ether oxygens (including phenoxy) is 1. The Bertz CT molecular complexity index is 1170. The number of non-ortho nitro benzene ring substituents is 1. The van der Waals surface area contributed by atoms with Crippen LogP contribution in [0, 0.1) is 10.1 Å². The molecule has 28 heavy (non-hydrogen) atoms. The predicted octanol–water partition coefficient (Wildman–Crippen LogP) is 3.55. The molecule has 0 bridgehead atoms. The zero-order valence-corrected chi connectivity index (χ0v) is 14.3. The van der Waals surface area contributed by atoms with Crippen LogP contribution in [0.1, 0.15) is 16.2 Å². The average molecular weight is 376 g/mol. The van der Waals surface area contributed by atoms with Gasteiger partial charge in [0.1, 0.15) is 0 Å². The molecule has 0 N–H and O–H groups in total. The Hall–Kier alpha value is -4.14. The molecule has 4 aromatic rings. The molecule has 0 saturated carbocycles. The van der Waals surface area contributed by atoms with Gasteiger partial charge in [0.05, 0.1) is 16.0 Å². The average Bonchev–Trinajstić information content (AvgIpc) is 3.20. The van der Waals surface area contributed by atoms with Crippen LogP contribution in [0.3, 0.4) is 0 Å². The number of nitro benzene ring substituents is 1. The normalized spacial score (nSPS) is 10.7. The number of pyridine rings is 1. The minimum Gasteiger partial charge on any atom is -0.452 e. The molecule has 0 radical (unpaired) electrons. The molecule has 0 aliphatic carbocycles. The maximum Gasteiger partial charge on any atom is 0.339 e. The third-order valence-corrected chi connectivity index (χ3v) is 3.98. The minimum absolute atomic E-state index is 0.0398. The maximum atomic E-state index is 12.4. The van der Waals surface area contributed by atoms with Gasteiger partial charge in [-0.1, -0.05) is 12.1 Å². The molecule has 2 heterocycles. The molecular weight excluding hydrogens is 364 g/mol. The van der Waals surface area contributed by atoms with Crippen molar-refractivity contribution < 1.29 is 18.9 Å². The first-order chi connectivity index (χ1) is 13.6. The van der Waals surface area contributed by atoms with Crippen molar-refractivity contribution >= 4 is 22.6 Å². The molecule has 0 amide bonds. The molecule has 138 valence electrons. The number of rotatable bonds is 5. The van der Waals surface area contributed by atoms with E-state index in [4.69, 9.17) is 9.15 Å². The number of esters is 1. The smallest absolute Gasteiger partial charge is 0.339 e. The van der Waals surface area contributed by atoms with E-state index in [0.717, 1.165) is 0 Å². The SMILES string of the molecule is O=C(OCc1nnc(-c2ccc([N+](=O)[O-])cc2)o1)c1cccc2ncccc12. The minimum atomic E-state index is -0.534. The third-order valence-electron chi connectivity index (χ3n) is 3.98. The van der Waals surface area contributed by atoms with Crippen LogP contribution in [0.4, 0.5) is 5.69 Å². The van der Waals surface area contributed by atoms with E-state index in [-0.39, 0.29) is 24.1 Å². The Morgan fingerprint density at radius 3 is 2.68 bits per heavy atom. The van der Waals surface area contributed by atoms with Crippen LogP contribution in [0.2, 0.25) is 0 Å². The van der Waals surface area contributed by atoms with E-state index in [9.17, 15) is 14.9 Å². The summed E-state index contributed by atoms with van der Waals surface area (Å²) >= 11 is 0. The van der Waals surface area contributed by atoms with Gasteiger partial charge in [0.15, 0.2) is 6.61 Å². The predicted molar refractivity (Wildman–Crippen MR) is 97.3 cm³/mol. The largest absolute Gasteiger partial charge is 0.452 e. The number of hydrogen-bond acceptors (Lipinski definition) is 8. The number of carbonyl (C=O) groups is 1. The summed E-state index contributed by atoms with van der Waals surface area (Å²) in [7, 11) is 0. The van der Waals surface area contributed by atoms with E-state index in [1.165, 1.54) is 24.3 Å². The Kier molecular flexibility index (Phi) is 4.47. The lowest BCUT2D eigenvalue weighted by molar-refractivity contribution is -0.384. The molecule has 2 aromatic heterocycles. The van der Waals surface area contributed by atoms with Gasteiger partial charge >= 0.3 is 5.97 Å². The van der Waals surface area contributed by atoms with E-state index in [2.05, 4.69) is 15.2 Å². The standard InChI is InChI=1S/C19H12N4O5/c24-19(15-3-1-5-16-14(15)4-2-10-20-16)27-11-17-21-22-18(28-17)12-6-8-13(9-7-12)23(25)26/h1-10H,11H2. The molecule has 4 rings (SSSR count). The van der Waals surface area contributed by atoms with Gasteiger partial charge in [-0.05, 0) is 30.3 Å². The first kappa shape index (κ1) is 17.3. The van der Waals surface area contributed by atoms with Crippen LogP contribution in [-0.2, 0) is 11.3 Å². The molecule has 0 saturated heterocycles. The number of benzene rings is 2. The molecule has 0 atom stereocenters. The summed E-state index contributed by atoms with van der Waals surface area (Å²) in [5.41, 5.74) is 1.56. The van der Waals surface area contributed by atoms with E-state index in [1.54, 1.807) is 36.5 Å². The van der Waals surface area contributed by atoms with Crippen molar-refractivity contribution in [2.45, 2.75) is 6.61 Å². The lowest BCUT2D eigenvalue weighted by atomic mass is 10.1. The van der Waals surface area contributed by atoms with Gasteiger partial charge < -0.3 is 9.15 Å². The molecular formula is C19H12N4O5. The summed E-state index contributed by atoms with van der Waals surface area (Å²) in [5.74, 6) is -0.246. The molecule has 0 spiro atoms. The van der Waals surface area contributed by atoms with Gasteiger partial charge in [-0.15, -0.1) is 10.2 Å². The number of nitro groups is 1. The molecule has 0 aliphatic rings. The molecule has 0 aliphatic heterocycles. The Balaban J connectivity index is 1.47. The first-order valence-electron chi connectivity index (χ1n) is 8.20. The van der Waals surface area contributed by atoms with Crippen molar-refractivity contribution in [3.8, 4) is 11.5 Å². The Morgan fingerprint density at radius 2 is 1.89 bits per heavy atom. The topological polar surface area (TPSA) is 121 Å². The molecule has 0 unspecified atom stereocenters. The highest BCUT2D eigenvalue weighted by molar-refractivity contribution is 6.03. The fraction of sp³-hybridized carbons (Fsp3) is 0.0526. The van der Waals surface area contributed by atoms with Crippen molar-refractivity contribution in [1.82, 2.24) is 15.2 Å². The van der Waals surface area contributed by atoms with E-state index in [0.29, 0.717) is 22.0 Å². The van der Waals surface area contributed by atoms with Gasteiger partial charge in [-0.2, -0.15) is 0 Å². The molecule has 9 nitrogen and oxygen atoms in total. The molecule has 9 heteroatoms. The van der Waals surface area contributed by atoms with Gasteiger partial charge in [-0.25, -0.2) is 4.79 Å². The summed E-state index contributed by atoms with van der Waals surface area (Å²) in [6.07, 6.45) is 1.65.